The average Bonchev–Trinajstić information content (AvgIpc) is 2.42. The molecule has 0 bridgehead atoms. The van der Waals surface area contributed by atoms with Crippen molar-refractivity contribution in [2.24, 2.45) is 0 Å². The molecule has 3 atom stereocenters. The highest BCUT2D eigenvalue weighted by Gasteiger charge is 2.24. The highest BCUT2D eigenvalue weighted by atomic mass is 16.5. The van der Waals surface area contributed by atoms with Crippen LogP contribution >= 0.6 is 0 Å². The van der Waals surface area contributed by atoms with Crippen molar-refractivity contribution < 1.29 is 9.84 Å². The Morgan fingerprint density at radius 2 is 2.16 bits per heavy atom. The number of hydrogen-bond acceptors (Lipinski definition) is 3. The first kappa shape index (κ1) is 14.4. The summed E-state index contributed by atoms with van der Waals surface area (Å²) in [7, 11) is 0. The van der Waals surface area contributed by atoms with Gasteiger partial charge in [0, 0.05) is 6.04 Å². The zero-order chi connectivity index (χ0) is 13.7. The van der Waals surface area contributed by atoms with Gasteiger partial charge in [-0.15, -0.1) is 0 Å². The summed E-state index contributed by atoms with van der Waals surface area (Å²) in [5, 5.41) is 13.4. The van der Waals surface area contributed by atoms with Crippen LogP contribution in [0.15, 0.2) is 24.3 Å². The molecule has 0 amide bonds. The van der Waals surface area contributed by atoms with E-state index in [4.69, 9.17) is 4.74 Å². The van der Waals surface area contributed by atoms with Crippen LogP contribution in [0.4, 0.5) is 0 Å². The fourth-order valence-electron chi connectivity index (χ4n) is 2.67. The van der Waals surface area contributed by atoms with Crippen molar-refractivity contribution in [1.82, 2.24) is 5.32 Å². The van der Waals surface area contributed by atoms with Crippen molar-refractivity contribution in [3.05, 3.63) is 29.8 Å². The van der Waals surface area contributed by atoms with Crippen LogP contribution in [0.1, 0.15) is 51.1 Å². The van der Waals surface area contributed by atoms with Gasteiger partial charge < -0.3 is 15.2 Å². The van der Waals surface area contributed by atoms with E-state index >= 15 is 0 Å². The van der Waals surface area contributed by atoms with Gasteiger partial charge in [-0.3, -0.25) is 0 Å². The van der Waals surface area contributed by atoms with Gasteiger partial charge >= 0.3 is 0 Å². The van der Waals surface area contributed by atoms with Gasteiger partial charge in [0.1, 0.15) is 11.9 Å². The highest BCUT2D eigenvalue weighted by Crippen LogP contribution is 2.25. The van der Waals surface area contributed by atoms with Gasteiger partial charge in [-0.2, -0.15) is 0 Å². The first-order valence-corrected chi connectivity index (χ1v) is 7.38. The number of nitrogens with one attached hydrogen (secondary N) is 1. The largest absolute Gasteiger partial charge is 0.488 e. The van der Waals surface area contributed by atoms with Gasteiger partial charge in [0.15, 0.2) is 0 Å². The molecule has 106 valence electrons. The number of aliphatic hydroxyl groups is 1. The van der Waals surface area contributed by atoms with E-state index < -0.39 is 0 Å². The van der Waals surface area contributed by atoms with E-state index in [0.717, 1.165) is 38.0 Å². The molecule has 2 N–H and O–H groups in total. The smallest absolute Gasteiger partial charge is 0.124 e. The number of benzene rings is 1. The number of rotatable bonds is 5. The van der Waals surface area contributed by atoms with Gasteiger partial charge in [0.2, 0.25) is 0 Å². The molecule has 0 radical (unpaired) electrons. The highest BCUT2D eigenvalue weighted by molar-refractivity contribution is 5.30. The molecular formula is C16H25NO2. The predicted molar refractivity (Wildman–Crippen MR) is 77.4 cm³/mol. The summed E-state index contributed by atoms with van der Waals surface area (Å²) in [5.41, 5.74) is 1.23. The summed E-state index contributed by atoms with van der Waals surface area (Å²) in [6, 6.07) is 8.51. The minimum atomic E-state index is -0.316. The fourth-order valence-corrected chi connectivity index (χ4v) is 2.67. The third-order valence-electron chi connectivity index (χ3n) is 3.82. The lowest BCUT2D eigenvalue weighted by atomic mass is 9.95. The molecule has 0 aliphatic heterocycles. The van der Waals surface area contributed by atoms with E-state index in [1.807, 2.05) is 12.1 Å². The van der Waals surface area contributed by atoms with Crippen LogP contribution in [0, 0.1) is 0 Å². The molecule has 0 saturated heterocycles. The summed E-state index contributed by atoms with van der Waals surface area (Å²) in [4.78, 5) is 0. The van der Waals surface area contributed by atoms with Crippen LogP contribution < -0.4 is 10.1 Å². The molecule has 0 spiro atoms. The summed E-state index contributed by atoms with van der Waals surface area (Å²) >= 11 is 0. The van der Waals surface area contributed by atoms with Crippen molar-refractivity contribution in [3.63, 3.8) is 0 Å². The van der Waals surface area contributed by atoms with Gasteiger partial charge in [0.25, 0.3) is 0 Å². The van der Waals surface area contributed by atoms with Crippen LogP contribution in [0.2, 0.25) is 0 Å². The zero-order valence-corrected chi connectivity index (χ0v) is 11.9. The monoisotopic (exact) mass is 263 g/mol. The Morgan fingerprint density at radius 3 is 2.89 bits per heavy atom. The topological polar surface area (TPSA) is 41.5 Å². The second-order valence-corrected chi connectivity index (χ2v) is 5.36. The first-order valence-electron chi connectivity index (χ1n) is 7.38. The lowest BCUT2D eigenvalue weighted by Gasteiger charge is -2.28. The summed E-state index contributed by atoms with van der Waals surface area (Å²) in [5.74, 6) is 0.869. The van der Waals surface area contributed by atoms with Gasteiger partial charge in [-0.25, -0.2) is 0 Å². The first-order chi connectivity index (χ1) is 9.20. The van der Waals surface area contributed by atoms with Crippen LogP contribution in [0.3, 0.4) is 0 Å². The quantitative estimate of drug-likeness (QED) is 0.858. The Kier molecular flexibility index (Phi) is 5.23. The standard InChI is InChI=1S/C16H25NO2/c1-3-17-12(2)13-7-6-8-14(11-13)19-16-10-5-4-9-15(16)18/h6-8,11-12,15-18H,3-5,9-10H2,1-2H3. The SMILES string of the molecule is CCNC(C)c1cccc(OC2CCCCC2O)c1. The molecule has 3 heteroatoms. The van der Waals surface area contributed by atoms with Crippen LogP contribution in [0.25, 0.3) is 0 Å². The fraction of sp³-hybridized carbons (Fsp3) is 0.625. The minimum Gasteiger partial charge on any atom is -0.488 e. The Hall–Kier alpha value is -1.06. The van der Waals surface area contributed by atoms with Crippen molar-refractivity contribution in [2.75, 3.05) is 6.54 Å². The van der Waals surface area contributed by atoms with E-state index in [1.165, 1.54) is 5.56 Å². The van der Waals surface area contributed by atoms with Gasteiger partial charge in [-0.1, -0.05) is 25.5 Å². The van der Waals surface area contributed by atoms with Crippen molar-refractivity contribution >= 4 is 0 Å². The lowest BCUT2D eigenvalue weighted by molar-refractivity contribution is 0.00682. The summed E-state index contributed by atoms with van der Waals surface area (Å²) < 4.78 is 5.96. The molecule has 3 nitrogen and oxygen atoms in total. The molecule has 3 unspecified atom stereocenters. The van der Waals surface area contributed by atoms with Crippen LogP contribution in [0.5, 0.6) is 5.75 Å². The Balaban J connectivity index is 2.02. The molecule has 1 aliphatic rings. The molecule has 1 aromatic carbocycles. The molecule has 1 aromatic rings. The molecular weight excluding hydrogens is 238 g/mol. The second-order valence-electron chi connectivity index (χ2n) is 5.36. The van der Waals surface area contributed by atoms with Crippen molar-refractivity contribution in [1.29, 1.82) is 0 Å². The van der Waals surface area contributed by atoms with Crippen molar-refractivity contribution in [2.45, 2.75) is 57.8 Å². The normalized spacial score (nSPS) is 25.0. The minimum absolute atomic E-state index is 0.0431. The third-order valence-corrected chi connectivity index (χ3v) is 3.82. The molecule has 0 aromatic heterocycles. The van der Waals surface area contributed by atoms with Gasteiger partial charge in [-0.05, 0) is 50.4 Å². The molecule has 2 rings (SSSR count). The Labute approximate surface area is 116 Å². The maximum Gasteiger partial charge on any atom is 0.124 e. The Bertz CT molecular complexity index is 394. The molecule has 1 fully saturated rings. The predicted octanol–water partition coefficient (Wildman–Crippen LogP) is 3.04. The number of aliphatic hydroxyl groups excluding tert-OH is 1. The lowest BCUT2D eigenvalue weighted by Crippen LogP contribution is -2.34. The van der Waals surface area contributed by atoms with Crippen LogP contribution in [-0.4, -0.2) is 23.9 Å². The zero-order valence-electron chi connectivity index (χ0n) is 11.9. The second kappa shape index (κ2) is 6.92. The molecule has 19 heavy (non-hydrogen) atoms. The number of ether oxygens (including phenoxy) is 1. The van der Waals surface area contributed by atoms with Crippen molar-refractivity contribution in [3.8, 4) is 5.75 Å². The number of hydrogen-bond donors (Lipinski definition) is 2. The van der Waals surface area contributed by atoms with Crippen LogP contribution in [-0.2, 0) is 0 Å². The molecule has 1 saturated carbocycles. The maximum atomic E-state index is 9.96. The summed E-state index contributed by atoms with van der Waals surface area (Å²) in [6.07, 6.45) is 3.71. The summed E-state index contributed by atoms with van der Waals surface area (Å²) in [6.45, 7) is 5.21. The van der Waals surface area contributed by atoms with E-state index in [0.29, 0.717) is 6.04 Å². The maximum absolute atomic E-state index is 9.96. The van der Waals surface area contributed by atoms with Gasteiger partial charge in [0.05, 0.1) is 6.10 Å². The average molecular weight is 263 g/mol. The molecule has 0 heterocycles. The third kappa shape index (κ3) is 3.95. The van der Waals surface area contributed by atoms with E-state index in [-0.39, 0.29) is 12.2 Å². The van der Waals surface area contributed by atoms with E-state index in [9.17, 15) is 5.11 Å². The Morgan fingerprint density at radius 1 is 1.37 bits per heavy atom. The van der Waals surface area contributed by atoms with E-state index in [1.54, 1.807) is 0 Å². The molecule has 1 aliphatic carbocycles. The van der Waals surface area contributed by atoms with E-state index in [2.05, 4.69) is 31.3 Å².